The molecule has 0 saturated heterocycles. The van der Waals surface area contributed by atoms with Gasteiger partial charge in [0.1, 0.15) is 0 Å². The maximum atomic E-state index is 11.8. The van der Waals surface area contributed by atoms with Gasteiger partial charge in [0, 0.05) is 6.42 Å². The van der Waals surface area contributed by atoms with Crippen molar-refractivity contribution in [3.05, 3.63) is 18.3 Å². The first-order valence-electron chi connectivity index (χ1n) is 4.38. The number of nitrogens with zero attached hydrogens (tertiary/aromatic N) is 1. The Morgan fingerprint density at radius 2 is 2.07 bits per heavy atom. The lowest BCUT2D eigenvalue weighted by atomic mass is 10.3. The smallest absolute Gasteiger partial charge is 0.389 e. The van der Waals surface area contributed by atoms with Gasteiger partial charge in [-0.05, 0) is 24.3 Å². The number of alkyl halides is 3. The Labute approximate surface area is 90.1 Å². The summed E-state index contributed by atoms with van der Waals surface area (Å²) in [5, 5.41) is 0.700. The van der Waals surface area contributed by atoms with Crippen molar-refractivity contribution in [3.63, 3.8) is 0 Å². The molecule has 2 N–H and O–H groups in total. The van der Waals surface area contributed by atoms with Crippen molar-refractivity contribution in [1.29, 1.82) is 0 Å². The van der Waals surface area contributed by atoms with Gasteiger partial charge >= 0.3 is 6.18 Å². The summed E-state index contributed by atoms with van der Waals surface area (Å²) in [6.45, 7) is 0. The van der Waals surface area contributed by atoms with Crippen molar-refractivity contribution in [1.82, 2.24) is 4.98 Å². The Bertz CT molecular complexity index is 297. The van der Waals surface area contributed by atoms with E-state index in [4.69, 9.17) is 5.73 Å². The minimum Gasteiger partial charge on any atom is -0.397 e. The molecular weight excluding hydrogens is 225 g/mol. The molecule has 1 aromatic rings. The lowest BCUT2D eigenvalue weighted by Crippen LogP contribution is -2.06. The molecule has 0 saturated carbocycles. The quantitative estimate of drug-likeness (QED) is 0.645. The molecule has 0 atom stereocenters. The summed E-state index contributed by atoms with van der Waals surface area (Å²) >= 11 is 1.30. The van der Waals surface area contributed by atoms with Crippen LogP contribution in [0.15, 0.2) is 23.4 Å². The zero-order chi connectivity index (χ0) is 11.3. The molecule has 0 amide bonds. The number of rotatable bonds is 4. The average molecular weight is 236 g/mol. The number of pyridine rings is 1. The highest BCUT2D eigenvalue weighted by Crippen LogP contribution is 2.24. The highest BCUT2D eigenvalue weighted by molar-refractivity contribution is 7.99. The fourth-order valence-electron chi connectivity index (χ4n) is 0.926. The number of thioether (sulfide) groups is 1. The van der Waals surface area contributed by atoms with Crippen LogP contribution < -0.4 is 5.73 Å². The molecule has 1 heterocycles. The van der Waals surface area contributed by atoms with E-state index in [0.29, 0.717) is 16.5 Å². The minimum atomic E-state index is -4.06. The van der Waals surface area contributed by atoms with Crippen LogP contribution >= 0.6 is 11.8 Å². The van der Waals surface area contributed by atoms with E-state index in [2.05, 4.69) is 4.98 Å². The van der Waals surface area contributed by atoms with Crippen LogP contribution in [0.25, 0.3) is 0 Å². The van der Waals surface area contributed by atoms with Crippen LogP contribution in [0.2, 0.25) is 0 Å². The normalized spacial score (nSPS) is 11.7. The van der Waals surface area contributed by atoms with E-state index in [9.17, 15) is 13.2 Å². The molecule has 0 spiro atoms. The Kier molecular flexibility index (Phi) is 4.26. The van der Waals surface area contributed by atoms with E-state index >= 15 is 0 Å². The van der Waals surface area contributed by atoms with Crippen LogP contribution in [-0.4, -0.2) is 16.9 Å². The molecule has 6 heteroatoms. The molecule has 1 aromatic heterocycles. The van der Waals surface area contributed by atoms with Gasteiger partial charge in [0.2, 0.25) is 0 Å². The third-order valence-corrected chi connectivity index (χ3v) is 2.64. The fourth-order valence-corrected chi connectivity index (χ4v) is 1.72. The van der Waals surface area contributed by atoms with Crippen LogP contribution in [0.3, 0.4) is 0 Å². The van der Waals surface area contributed by atoms with Gasteiger partial charge in [-0.1, -0.05) is 0 Å². The van der Waals surface area contributed by atoms with Crippen molar-refractivity contribution >= 4 is 17.4 Å². The average Bonchev–Trinajstić information content (AvgIpc) is 2.14. The van der Waals surface area contributed by atoms with E-state index in [0.717, 1.165) is 0 Å². The van der Waals surface area contributed by atoms with E-state index in [-0.39, 0.29) is 6.42 Å². The maximum absolute atomic E-state index is 11.8. The highest BCUT2D eigenvalue weighted by Gasteiger charge is 2.25. The summed E-state index contributed by atoms with van der Waals surface area (Å²) in [6, 6.07) is 3.38. The number of nitrogens with two attached hydrogens (primary N) is 1. The first-order valence-corrected chi connectivity index (χ1v) is 5.37. The first-order chi connectivity index (χ1) is 6.97. The van der Waals surface area contributed by atoms with Crippen molar-refractivity contribution in [2.75, 3.05) is 11.5 Å². The van der Waals surface area contributed by atoms with Gasteiger partial charge in [-0.3, -0.25) is 0 Å². The predicted octanol–water partition coefficient (Wildman–Crippen LogP) is 3.10. The van der Waals surface area contributed by atoms with Crippen LogP contribution in [0.1, 0.15) is 12.8 Å². The number of nitrogen functional groups attached to an aromatic ring is 1. The number of hydrogen-bond donors (Lipinski definition) is 1. The molecule has 0 fully saturated rings. The Balaban J connectivity index is 2.23. The maximum Gasteiger partial charge on any atom is 0.389 e. The Hall–Kier alpha value is -0.910. The molecule has 84 valence electrons. The first kappa shape index (κ1) is 12.2. The zero-order valence-corrected chi connectivity index (χ0v) is 8.74. The SMILES string of the molecule is Nc1ccc(SCCCC(F)(F)F)nc1. The minimum absolute atomic E-state index is 0.111. The number of aromatic nitrogens is 1. The van der Waals surface area contributed by atoms with Gasteiger partial charge in [0.05, 0.1) is 16.9 Å². The number of halogens is 3. The molecule has 0 aliphatic rings. The Morgan fingerprint density at radius 3 is 2.60 bits per heavy atom. The monoisotopic (exact) mass is 236 g/mol. The molecule has 0 unspecified atom stereocenters. The van der Waals surface area contributed by atoms with Gasteiger partial charge in [-0.15, -0.1) is 11.8 Å². The third-order valence-electron chi connectivity index (χ3n) is 1.61. The van der Waals surface area contributed by atoms with Crippen LogP contribution in [-0.2, 0) is 0 Å². The molecule has 2 nitrogen and oxygen atoms in total. The van der Waals surface area contributed by atoms with Gasteiger partial charge < -0.3 is 5.73 Å². The highest BCUT2D eigenvalue weighted by atomic mass is 32.2. The molecular formula is C9H11F3N2S. The van der Waals surface area contributed by atoms with Crippen molar-refractivity contribution in [2.45, 2.75) is 24.0 Å². The van der Waals surface area contributed by atoms with Crippen LogP contribution in [0.5, 0.6) is 0 Å². The fraction of sp³-hybridized carbons (Fsp3) is 0.444. The van der Waals surface area contributed by atoms with Crippen molar-refractivity contribution < 1.29 is 13.2 Å². The second-order valence-corrected chi connectivity index (χ2v) is 4.11. The van der Waals surface area contributed by atoms with E-state index < -0.39 is 12.6 Å². The zero-order valence-electron chi connectivity index (χ0n) is 7.92. The molecule has 0 aromatic carbocycles. The summed E-state index contributed by atoms with van der Waals surface area (Å²) in [5.74, 6) is 0.413. The standard InChI is InChI=1S/C9H11F3N2S/c10-9(11,12)4-1-5-15-8-3-2-7(13)6-14-8/h2-3,6H,1,4-5,13H2. The summed E-state index contributed by atoms with van der Waals surface area (Å²) < 4.78 is 35.4. The Morgan fingerprint density at radius 1 is 1.33 bits per heavy atom. The predicted molar refractivity (Wildman–Crippen MR) is 54.7 cm³/mol. The van der Waals surface area contributed by atoms with Gasteiger partial charge in [0.15, 0.2) is 0 Å². The van der Waals surface area contributed by atoms with E-state index in [1.807, 2.05) is 0 Å². The van der Waals surface area contributed by atoms with Crippen molar-refractivity contribution in [2.24, 2.45) is 0 Å². The molecule has 15 heavy (non-hydrogen) atoms. The number of anilines is 1. The van der Waals surface area contributed by atoms with Crippen LogP contribution in [0.4, 0.5) is 18.9 Å². The second kappa shape index (κ2) is 5.25. The van der Waals surface area contributed by atoms with Gasteiger partial charge in [-0.2, -0.15) is 13.2 Å². The summed E-state index contributed by atoms with van der Waals surface area (Å²) in [7, 11) is 0. The van der Waals surface area contributed by atoms with Crippen molar-refractivity contribution in [3.8, 4) is 0 Å². The van der Waals surface area contributed by atoms with E-state index in [1.54, 1.807) is 12.1 Å². The largest absolute Gasteiger partial charge is 0.397 e. The summed E-state index contributed by atoms with van der Waals surface area (Å²) in [6.07, 6.45) is -3.20. The van der Waals surface area contributed by atoms with Gasteiger partial charge in [0.25, 0.3) is 0 Å². The topological polar surface area (TPSA) is 38.9 Å². The number of hydrogen-bond acceptors (Lipinski definition) is 3. The lowest BCUT2D eigenvalue weighted by Gasteiger charge is -2.05. The second-order valence-electron chi connectivity index (χ2n) is 3.00. The van der Waals surface area contributed by atoms with Gasteiger partial charge in [-0.25, -0.2) is 4.98 Å². The molecule has 0 aliphatic heterocycles. The summed E-state index contributed by atoms with van der Waals surface area (Å²) in [4.78, 5) is 3.97. The molecule has 0 aliphatic carbocycles. The molecule has 0 bridgehead atoms. The third kappa shape index (κ3) is 5.51. The lowest BCUT2D eigenvalue weighted by molar-refractivity contribution is -0.134. The van der Waals surface area contributed by atoms with E-state index in [1.165, 1.54) is 18.0 Å². The molecule has 1 rings (SSSR count). The molecule has 0 radical (unpaired) electrons. The van der Waals surface area contributed by atoms with Crippen LogP contribution in [0, 0.1) is 0 Å². The summed E-state index contributed by atoms with van der Waals surface area (Å²) in [5.41, 5.74) is 5.97.